The van der Waals surface area contributed by atoms with Crippen LogP contribution in [0, 0.1) is 17.2 Å². The average Bonchev–Trinajstić information content (AvgIpc) is 2.28. The average molecular weight is 204 g/mol. The third-order valence-corrected chi connectivity index (χ3v) is 2.43. The smallest absolute Gasteiger partial charge is 0.183 e. The van der Waals surface area contributed by atoms with Crippen molar-refractivity contribution in [3.63, 3.8) is 0 Å². The van der Waals surface area contributed by atoms with Gasteiger partial charge in [-0.25, -0.2) is 9.97 Å². The zero-order valence-electron chi connectivity index (χ0n) is 9.44. The van der Waals surface area contributed by atoms with E-state index in [0.717, 1.165) is 13.0 Å². The van der Waals surface area contributed by atoms with Gasteiger partial charge in [0.05, 0.1) is 0 Å². The highest BCUT2D eigenvalue weighted by molar-refractivity contribution is 5.48. The van der Waals surface area contributed by atoms with Crippen molar-refractivity contribution in [2.75, 3.05) is 18.5 Å². The Morgan fingerprint density at radius 3 is 2.73 bits per heavy atom. The highest BCUT2D eigenvalue weighted by Gasteiger charge is 2.11. The largest absolute Gasteiger partial charge is 0.357 e. The van der Waals surface area contributed by atoms with Gasteiger partial charge in [-0.3, -0.25) is 0 Å². The molecular formula is C11H16N4. The Balaban J connectivity index is 2.82. The van der Waals surface area contributed by atoms with Crippen molar-refractivity contribution >= 4 is 5.82 Å². The summed E-state index contributed by atoms with van der Waals surface area (Å²) in [7, 11) is 1.94. The van der Waals surface area contributed by atoms with Crippen LogP contribution in [0.2, 0.25) is 0 Å². The topological polar surface area (TPSA) is 52.8 Å². The van der Waals surface area contributed by atoms with Gasteiger partial charge in [-0.05, 0) is 5.92 Å². The van der Waals surface area contributed by atoms with E-state index in [1.54, 1.807) is 12.4 Å². The van der Waals surface area contributed by atoms with E-state index in [-0.39, 0.29) is 0 Å². The van der Waals surface area contributed by atoms with E-state index >= 15 is 0 Å². The van der Waals surface area contributed by atoms with Crippen LogP contribution < -0.4 is 4.90 Å². The Morgan fingerprint density at radius 2 is 2.13 bits per heavy atom. The minimum absolute atomic E-state index is 0.392. The lowest BCUT2D eigenvalue weighted by atomic mass is 10.1. The molecule has 0 aliphatic carbocycles. The van der Waals surface area contributed by atoms with Crippen LogP contribution in [-0.2, 0) is 0 Å². The second-order valence-electron chi connectivity index (χ2n) is 3.73. The zero-order valence-corrected chi connectivity index (χ0v) is 9.44. The normalized spacial score (nSPS) is 11.9. The van der Waals surface area contributed by atoms with Gasteiger partial charge in [-0.1, -0.05) is 20.3 Å². The molecule has 1 aromatic heterocycles. The second-order valence-corrected chi connectivity index (χ2v) is 3.73. The summed E-state index contributed by atoms with van der Waals surface area (Å²) in [5.41, 5.74) is 0.392. The van der Waals surface area contributed by atoms with Gasteiger partial charge in [0, 0.05) is 26.0 Å². The minimum atomic E-state index is 0.392. The van der Waals surface area contributed by atoms with Crippen molar-refractivity contribution in [3.05, 3.63) is 18.1 Å². The fraction of sp³-hybridized carbons (Fsp3) is 0.545. The molecule has 80 valence electrons. The quantitative estimate of drug-likeness (QED) is 0.750. The maximum atomic E-state index is 8.88. The molecule has 0 saturated heterocycles. The molecule has 1 rings (SSSR count). The molecule has 0 amide bonds. The molecule has 0 aliphatic heterocycles. The number of aromatic nitrogens is 2. The molecule has 0 fully saturated rings. The van der Waals surface area contributed by atoms with Crippen molar-refractivity contribution in [2.45, 2.75) is 20.3 Å². The van der Waals surface area contributed by atoms with Crippen molar-refractivity contribution in [2.24, 2.45) is 5.92 Å². The van der Waals surface area contributed by atoms with E-state index in [2.05, 4.69) is 29.9 Å². The molecule has 0 N–H and O–H groups in total. The molecule has 0 aliphatic rings. The molecule has 0 saturated carbocycles. The van der Waals surface area contributed by atoms with Crippen LogP contribution in [0.25, 0.3) is 0 Å². The zero-order chi connectivity index (χ0) is 11.3. The number of nitriles is 1. The fourth-order valence-corrected chi connectivity index (χ4v) is 1.37. The summed E-state index contributed by atoms with van der Waals surface area (Å²) < 4.78 is 0. The summed E-state index contributed by atoms with van der Waals surface area (Å²) >= 11 is 0. The number of hydrogen-bond acceptors (Lipinski definition) is 4. The van der Waals surface area contributed by atoms with Crippen molar-refractivity contribution in [3.8, 4) is 6.07 Å². The van der Waals surface area contributed by atoms with E-state index in [4.69, 9.17) is 5.26 Å². The van der Waals surface area contributed by atoms with Gasteiger partial charge in [-0.2, -0.15) is 5.26 Å². The van der Waals surface area contributed by atoms with Gasteiger partial charge >= 0.3 is 0 Å². The Bertz CT molecular complexity index is 356. The first-order chi connectivity index (χ1) is 7.19. The first kappa shape index (κ1) is 11.4. The number of nitrogens with zero attached hydrogens (tertiary/aromatic N) is 4. The molecule has 15 heavy (non-hydrogen) atoms. The lowest BCUT2D eigenvalue weighted by molar-refractivity contribution is 0.557. The summed E-state index contributed by atoms with van der Waals surface area (Å²) in [5.74, 6) is 1.25. The predicted molar refractivity (Wildman–Crippen MR) is 59.5 cm³/mol. The standard InChI is InChI=1S/C11H16N4/c1-4-9(2)8-15(3)11-10(7-12)13-5-6-14-11/h5-6,9H,4,8H2,1-3H3. The van der Waals surface area contributed by atoms with Crippen LogP contribution in [0.3, 0.4) is 0 Å². The Labute approximate surface area is 90.6 Å². The van der Waals surface area contributed by atoms with Gasteiger partial charge in [0.15, 0.2) is 11.5 Å². The number of hydrogen-bond donors (Lipinski definition) is 0. The first-order valence-corrected chi connectivity index (χ1v) is 5.11. The van der Waals surface area contributed by atoms with Crippen molar-refractivity contribution in [1.82, 2.24) is 9.97 Å². The first-order valence-electron chi connectivity index (χ1n) is 5.11. The third-order valence-electron chi connectivity index (χ3n) is 2.43. The molecule has 1 unspecified atom stereocenters. The third kappa shape index (κ3) is 2.91. The summed E-state index contributed by atoms with van der Waals surface area (Å²) in [4.78, 5) is 10.1. The highest BCUT2D eigenvalue weighted by Crippen LogP contribution is 2.14. The van der Waals surface area contributed by atoms with Crippen LogP contribution in [-0.4, -0.2) is 23.6 Å². The van der Waals surface area contributed by atoms with Crippen LogP contribution in [0.5, 0.6) is 0 Å². The van der Waals surface area contributed by atoms with E-state index in [0.29, 0.717) is 17.4 Å². The second kappa shape index (κ2) is 5.30. The van der Waals surface area contributed by atoms with Gasteiger partial charge in [0.25, 0.3) is 0 Å². The molecule has 4 nitrogen and oxygen atoms in total. The number of anilines is 1. The van der Waals surface area contributed by atoms with E-state index in [1.807, 2.05) is 11.9 Å². The van der Waals surface area contributed by atoms with Gasteiger partial charge < -0.3 is 4.90 Å². The Kier molecular flexibility index (Phi) is 4.04. The molecule has 0 bridgehead atoms. The summed E-state index contributed by atoms with van der Waals surface area (Å²) in [5, 5.41) is 8.88. The van der Waals surface area contributed by atoms with Crippen LogP contribution in [0.1, 0.15) is 26.0 Å². The van der Waals surface area contributed by atoms with Crippen molar-refractivity contribution < 1.29 is 0 Å². The van der Waals surface area contributed by atoms with Crippen molar-refractivity contribution in [1.29, 1.82) is 5.26 Å². The fourth-order valence-electron chi connectivity index (χ4n) is 1.37. The van der Waals surface area contributed by atoms with Gasteiger partial charge in [0.2, 0.25) is 0 Å². The molecule has 0 spiro atoms. The maximum absolute atomic E-state index is 8.88. The molecule has 1 atom stereocenters. The summed E-state index contributed by atoms with van der Waals surface area (Å²) in [6, 6.07) is 2.05. The summed E-state index contributed by atoms with van der Waals surface area (Å²) in [6.45, 7) is 5.23. The number of rotatable bonds is 4. The molecule has 1 heterocycles. The lowest BCUT2D eigenvalue weighted by Crippen LogP contribution is -2.25. The predicted octanol–water partition coefficient (Wildman–Crippen LogP) is 1.83. The van der Waals surface area contributed by atoms with E-state index in [1.165, 1.54) is 0 Å². The Morgan fingerprint density at radius 1 is 1.47 bits per heavy atom. The molecule has 1 aromatic rings. The minimum Gasteiger partial charge on any atom is -0.357 e. The Hall–Kier alpha value is -1.63. The summed E-state index contributed by atoms with van der Waals surface area (Å²) in [6.07, 6.45) is 4.27. The molecular weight excluding hydrogens is 188 g/mol. The monoisotopic (exact) mass is 204 g/mol. The molecule has 0 aromatic carbocycles. The van der Waals surface area contributed by atoms with Crippen LogP contribution >= 0.6 is 0 Å². The highest BCUT2D eigenvalue weighted by atomic mass is 15.2. The molecule has 4 heteroatoms. The molecule has 0 radical (unpaired) electrons. The van der Waals surface area contributed by atoms with Crippen LogP contribution in [0.15, 0.2) is 12.4 Å². The van der Waals surface area contributed by atoms with E-state index < -0.39 is 0 Å². The maximum Gasteiger partial charge on any atom is 0.183 e. The van der Waals surface area contributed by atoms with Crippen LogP contribution in [0.4, 0.5) is 5.82 Å². The van der Waals surface area contributed by atoms with Gasteiger partial charge in [0.1, 0.15) is 6.07 Å². The SMILES string of the molecule is CCC(C)CN(C)c1nccnc1C#N. The van der Waals surface area contributed by atoms with E-state index in [9.17, 15) is 0 Å². The lowest BCUT2D eigenvalue weighted by Gasteiger charge is -2.21. The van der Waals surface area contributed by atoms with Gasteiger partial charge in [-0.15, -0.1) is 0 Å².